The third kappa shape index (κ3) is 3.56. The number of carbonyl (C=O) groups excluding carboxylic acids is 2. The molecular weight excluding hydrogens is 390 g/mol. The molecule has 2 N–H and O–H groups in total. The highest BCUT2D eigenvalue weighted by Crippen LogP contribution is 2.27. The van der Waals surface area contributed by atoms with E-state index in [1.54, 1.807) is 0 Å². The number of para-hydroxylation sites is 1. The summed E-state index contributed by atoms with van der Waals surface area (Å²) in [6.07, 6.45) is 1.37. The number of aromatic nitrogens is 2. The first-order valence-electron chi connectivity index (χ1n) is 10.4. The van der Waals surface area contributed by atoms with E-state index in [0.29, 0.717) is 23.7 Å². The Bertz CT molecular complexity index is 1260. The van der Waals surface area contributed by atoms with E-state index in [1.165, 1.54) is 0 Å². The minimum Gasteiger partial charge on any atom is -0.337 e. The van der Waals surface area contributed by atoms with Gasteiger partial charge in [0.15, 0.2) is 0 Å². The maximum Gasteiger partial charge on any atom is 0.253 e. The zero-order valence-electron chi connectivity index (χ0n) is 17.5. The molecular formula is C24H23N5O2. The molecule has 1 aromatic heterocycles. The molecule has 0 radical (unpaired) electrons. The number of hydrogen-bond acceptors (Lipinski definition) is 4. The van der Waals surface area contributed by atoms with Crippen molar-refractivity contribution in [1.82, 2.24) is 20.0 Å². The third-order valence-electron chi connectivity index (χ3n) is 6.07. The number of anilines is 1. The van der Waals surface area contributed by atoms with Crippen LogP contribution in [0.2, 0.25) is 0 Å². The van der Waals surface area contributed by atoms with Gasteiger partial charge >= 0.3 is 0 Å². The fraction of sp³-hybridized carbons (Fsp3) is 0.292. The van der Waals surface area contributed by atoms with Crippen LogP contribution in [-0.2, 0) is 11.2 Å². The van der Waals surface area contributed by atoms with Crippen LogP contribution >= 0.6 is 0 Å². The second kappa shape index (κ2) is 7.56. The van der Waals surface area contributed by atoms with E-state index < -0.39 is 0 Å². The summed E-state index contributed by atoms with van der Waals surface area (Å²) in [5, 5.41) is 11.0. The van der Waals surface area contributed by atoms with Crippen LogP contribution in [0.4, 0.5) is 5.69 Å². The first-order chi connectivity index (χ1) is 15.0. The van der Waals surface area contributed by atoms with E-state index in [0.717, 1.165) is 47.2 Å². The second-order valence-corrected chi connectivity index (χ2v) is 8.30. The Morgan fingerprint density at radius 3 is 2.90 bits per heavy atom. The summed E-state index contributed by atoms with van der Waals surface area (Å²) in [7, 11) is 4.10. The third-order valence-corrected chi connectivity index (χ3v) is 6.07. The molecule has 1 fully saturated rings. The Kier molecular flexibility index (Phi) is 4.72. The van der Waals surface area contributed by atoms with E-state index in [2.05, 4.69) is 46.4 Å². The molecule has 2 aromatic carbocycles. The molecule has 0 aliphatic carbocycles. The molecule has 3 heterocycles. The lowest BCUT2D eigenvalue weighted by molar-refractivity contribution is -0.115. The molecule has 7 heteroatoms. The lowest BCUT2D eigenvalue weighted by Gasteiger charge is -2.20. The molecule has 1 saturated heterocycles. The van der Waals surface area contributed by atoms with Gasteiger partial charge < -0.3 is 15.1 Å². The summed E-state index contributed by atoms with van der Waals surface area (Å²) in [6.45, 7) is 1.51. The summed E-state index contributed by atoms with van der Waals surface area (Å²) < 4.78 is 0. The number of fused-ring (bicyclic) bond motifs is 2. The number of likely N-dealkylation sites (N-methyl/N-ethyl adjacent to an activating group) is 1. The van der Waals surface area contributed by atoms with Gasteiger partial charge in [0.1, 0.15) is 5.69 Å². The number of amides is 2. The van der Waals surface area contributed by atoms with Crippen LogP contribution in [0, 0.1) is 11.8 Å². The van der Waals surface area contributed by atoms with Crippen LogP contribution < -0.4 is 5.32 Å². The van der Waals surface area contributed by atoms with E-state index in [-0.39, 0.29) is 11.8 Å². The van der Waals surface area contributed by atoms with Crippen LogP contribution in [-0.4, -0.2) is 65.0 Å². The SMILES string of the molecule is CN(C)[C@H]1CCN(C(=O)c2ccc3[nH]nc(C#Cc4cccc5c4NC(=O)C5)c3c2)C1. The second-order valence-electron chi connectivity index (χ2n) is 8.30. The lowest BCUT2D eigenvalue weighted by Crippen LogP contribution is -2.34. The van der Waals surface area contributed by atoms with Gasteiger partial charge in [-0.1, -0.05) is 18.1 Å². The maximum atomic E-state index is 13.0. The number of nitrogens with zero attached hydrogens (tertiary/aromatic N) is 3. The van der Waals surface area contributed by atoms with Gasteiger partial charge in [0.05, 0.1) is 17.6 Å². The Balaban J connectivity index is 1.44. The van der Waals surface area contributed by atoms with E-state index in [9.17, 15) is 9.59 Å². The number of benzene rings is 2. The molecule has 1 atom stereocenters. The molecule has 0 spiro atoms. The van der Waals surface area contributed by atoms with Crippen molar-refractivity contribution in [3.8, 4) is 11.8 Å². The fourth-order valence-corrected chi connectivity index (χ4v) is 4.26. The molecule has 2 amide bonds. The number of aromatic amines is 1. The Morgan fingerprint density at radius 2 is 2.10 bits per heavy atom. The van der Waals surface area contributed by atoms with Crippen molar-refractivity contribution < 1.29 is 9.59 Å². The van der Waals surface area contributed by atoms with E-state index in [4.69, 9.17) is 0 Å². The molecule has 5 rings (SSSR count). The van der Waals surface area contributed by atoms with Crippen molar-refractivity contribution in [3.63, 3.8) is 0 Å². The van der Waals surface area contributed by atoms with Gasteiger partial charge in [-0.2, -0.15) is 5.10 Å². The smallest absolute Gasteiger partial charge is 0.253 e. The minimum atomic E-state index is -0.0176. The molecule has 0 saturated carbocycles. The maximum absolute atomic E-state index is 13.0. The van der Waals surface area contributed by atoms with Crippen LogP contribution in [0.25, 0.3) is 10.9 Å². The highest BCUT2D eigenvalue weighted by atomic mass is 16.2. The topological polar surface area (TPSA) is 81.3 Å². The van der Waals surface area contributed by atoms with Gasteiger partial charge in [-0.15, -0.1) is 0 Å². The average molecular weight is 413 g/mol. The van der Waals surface area contributed by atoms with Gasteiger partial charge in [-0.25, -0.2) is 0 Å². The van der Waals surface area contributed by atoms with Crippen LogP contribution in [0.5, 0.6) is 0 Å². The van der Waals surface area contributed by atoms with Gasteiger partial charge in [0.25, 0.3) is 5.91 Å². The predicted octanol–water partition coefficient (Wildman–Crippen LogP) is 2.23. The molecule has 3 aromatic rings. The largest absolute Gasteiger partial charge is 0.337 e. The molecule has 2 aliphatic rings. The zero-order valence-corrected chi connectivity index (χ0v) is 17.5. The van der Waals surface area contributed by atoms with Gasteiger partial charge in [0.2, 0.25) is 5.91 Å². The quantitative estimate of drug-likeness (QED) is 0.632. The van der Waals surface area contributed by atoms with E-state index in [1.807, 2.05) is 41.3 Å². The molecule has 7 nitrogen and oxygen atoms in total. The Labute approximate surface area is 180 Å². The summed E-state index contributed by atoms with van der Waals surface area (Å²) >= 11 is 0. The normalized spacial score (nSPS) is 17.6. The van der Waals surface area contributed by atoms with Crippen molar-refractivity contribution in [3.05, 3.63) is 58.8 Å². The molecule has 156 valence electrons. The molecule has 0 bridgehead atoms. The Hall–Kier alpha value is -3.63. The summed E-state index contributed by atoms with van der Waals surface area (Å²) in [6, 6.07) is 11.7. The summed E-state index contributed by atoms with van der Waals surface area (Å²) in [5.41, 5.74) is 4.56. The van der Waals surface area contributed by atoms with Crippen molar-refractivity contribution in [2.75, 3.05) is 32.5 Å². The number of carbonyl (C=O) groups is 2. The molecule has 31 heavy (non-hydrogen) atoms. The van der Waals surface area contributed by atoms with Crippen LogP contribution in [0.3, 0.4) is 0 Å². The number of likely N-dealkylation sites (tertiary alicyclic amines) is 1. The number of nitrogens with one attached hydrogen (secondary N) is 2. The van der Waals surface area contributed by atoms with Crippen molar-refractivity contribution in [1.29, 1.82) is 0 Å². The number of H-pyrrole nitrogens is 1. The lowest BCUT2D eigenvalue weighted by atomic mass is 10.1. The van der Waals surface area contributed by atoms with Crippen molar-refractivity contribution in [2.24, 2.45) is 0 Å². The summed E-state index contributed by atoms with van der Waals surface area (Å²) in [4.78, 5) is 28.8. The minimum absolute atomic E-state index is 0.0176. The van der Waals surface area contributed by atoms with Gasteiger partial charge in [-0.3, -0.25) is 14.7 Å². The zero-order chi connectivity index (χ0) is 21.5. The Morgan fingerprint density at radius 1 is 1.23 bits per heavy atom. The first kappa shape index (κ1) is 19.3. The van der Waals surface area contributed by atoms with E-state index >= 15 is 0 Å². The molecule has 2 aliphatic heterocycles. The van der Waals surface area contributed by atoms with Crippen LogP contribution in [0.15, 0.2) is 36.4 Å². The van der Waals surface area contributed by atoms with Crippen molar-refractivity contribution in [2.45, 2.75) is 18.9 Å². The van der Waals surface area contributed by atoms with Gasteiger partial charge in [-0.05, 0) is 56.3 Å². The average Bonchev–Trinajstić information content (AvgIpc) is 3.48. The summed E-state index contributed by atoms with van der Waals surface area (Å²) in [5.74, 6) is 6.26. The van der Waals surface area contributed by atoms with Crippen LogP contribution in [0.1, 0.15) is 33.6 Å². The van der Waals surface area contributed by atoms with Crippen molar-refractivity contribution >= 4 is 28.4 Å². The highest BCUT2D eigenvalue weighted by molar-refractivity contribution is 6.01. The standard InChI is InChI=1S/C24H23N5O2/c1-28(2)18-10-11-29(14-18)24(31)17-7-9-21-19(12-17)20(26-27-21)8-6-15-4-3-5-16-13-22(30)25-23(15)16/h3-5,7,9,12,18H,10-11,13-14H2,1-2H3,(H,25,30)(H,26,27)/t18-/m0/s1. The monoisotopic (exact) mass is 413 g/mol. The first-order valence-corrected chi connectivity index (χ1v) is 10.4. The predicted molar refractivity (Wildman–Crippen MR) is 119 cm³/mol. The number of rotatable bonds is 2. The number of hydrogen-bond donors (Lipinski definition) is 2. The fourth-order valence-electron chi connectivity index (χ4n) is 4.26. The van der Waals surface area contributed by atoms with Gasteiger partial charge in [0, 0.05) is 35.6 Å². The highest BCUT2D eigenvalue weighted by Gasteiger charge is 2.28. The molecule has 0 unspecified atom stereocenters.